The first kappa shape index (κ1) is 25.1. The molecule has 43 heavy (non-hydrogen) atoms. The predicted octanol–water partition coefficient (Wildman–Crippen LogP) is 11.4. The van der Waals surface area contributed by atoms with E-state index in [-0.39, 0.29) is 0 Å². The number of fused-ring (bicyclic) bond motifs is 4. The molecule has 0 spiro atoms. The van der Waals surface area contributed by atoms with Crippen LogP contribution in [0.1, 0.15) is 5.56 Å². The third kappa shape index (κ3) is 4.83. The van der Waals surface area contributed by atoms with Crippen LogP contribution in [0, 0.1) is 0 Å². The molecule has 0 N–H and O–H groups in total. The Morgan fingerprint density at radius 3 is 1.91 bits per heavy atom. The number of para-hydroxylation sites is 2. The lowest BCUT2D eigenvalue weighted by Gasteiger charge is -2.25. The number of anilines is 2. The molecular weight excluding hydrogens is 522 g/mol. The van der Waals surface area contributed by atoms with Crippen LogP contribution in [0.2, 0.25) is 0 Å². The molecule has 7 aromatic carbocycles. The molecule has 1 aromatic heterocycles. The zero-order chi connectivity index (χ0) is 28.6. The molecule has 0 amide bonds. The van der Waals surface area contributed by atoms with Gasteiger partial charge in [-0.2, -0.15) is 0 Å². The fourth-order valence-corrected chi connectivity index (χ4v) is 6.07. The third-order valence-electron chi connectivity index (χ3n) is 8.31. The van der Waals surface area contributed by atoms with Crippen LogP contribution in [0.5, 0.6) is 0 Å². The van der Waals surface area contributed by atoms with Crippen LogP contribution in [0.15, 0.2) is 168 Å². The van der Waals surface area contributed by atoms with Crippen molar-refractivity contribution in [2.45, 2.75) is 6.54 Å². The maximum absolute atomic E-state index is 6.19. The molecule has 2 nitrogen and oxygen atoms in total. The largest absolute Gasteiger partial charge is 0.456 e. The summed E-state index contributed by atoms with van der Waals surface area (Å²) in [4.78, 5) is 2.36. The van der Waals surface area contributed by atoms with Gasteiger partial charge in [0.1, 0.15) is 11.2 Å². The third-order valence-corrected chi connectivity index (χ3v) is 8.31. The molecule has 1 heterocycles. The monoisotopic (exact) mass is 551 g/mol. The van der Waals surface area contributed by atoms with Crippen molar-refractivity contribution < 1.29 is 4.42 Å². The highest BCUT2D eigenvalue weighted by Gasteiger charge is 2.13. The molecule has 204 valence electrons. The number of furan rings is 1. The second-order valence-electron chi connectivity index (χ2n) is 11.0. The van der Waals surface area contributed by atoms with Crippen molar-refractivity contribution in [2.24, 2.45) is 0 Å². The van der Waals surface area contributed by atoms with Gasteiger partial charge in [0.25, 0.3) is 0 Å². The van der Waals surface area contributed by atoms with E-state index in [0.29, 0.717) is 0 Å². The average molecular weight is 552 g/mol. The smallest absolute Gasteiger partial charge is 0.135 e. The van der Waals surface area contributed by atoms with Crippen molar-refractivity contribution in [3.8, 4) is 22.3 Å². The first-order valence-corrected chi connectivity index (χ1v) is 14.7. The quantitative estimate of drug-likeness (QED) is 0.204. The lowest BCUT2D eigenvalue weighted by atomic mass is 9.97. The van der Waals surface area contributed by atoms with Gasteiger partial charge >= 0.3 is 0 Å². The van der Waals surface area contributed by atoms with Crippen molar-refractivity contribution in [3.05, 3.63) is 169 Å². The Bertz CT molecular complexity index is 2210. The molecule has 0 saturated carbocycles. The summed E-state index contributed by atoms with van der Waals surface area (Å²) in [6.45, 7) is 0.730. The minimum Gasteiger partial charge on any atom is -0.456 e. The summed E-state index contributed by atoms with van der Waals surface area (Å²) in [5, 5.41) is 4.83. The van der Waals surface area contributed by atoms with Gasteiger partial charge in [0.2, 0.25) is 0 Å². The highest BCUT2D eigenvalue weighted by molar-refractivity contribution is 6.05. The van der Waals surface area contributed by atoms with Crippen LogP contribution in [0.4, 0.5) is 11.4 Å². The molecule has 0 atom stereocenters. The molecule has 0 fully saturated rings. The molecule has 8 aromatic rings. The van der Waals surface area contributed by atoms with E-state index in [2.05, 4.69) is 157 Å². The standard InChI is InChI=1S/C41H29NO/c1-2-13-36(14-3-1)42(28-29-17-24-39-38-15-6-7-16-40(38)43-41(39)25-29)37-22-20-31(21-23-37)33-11-8-12-34(26-33)35-19-18-30-9-4-5-10-32(30)27-35/h1-27H,28H2. The van der Waals surface area contributed by atoms with Crippen LogP contribution in [0.3, 0.4) is 0 Å². The Morgan fingerprint density at radius 1 is 0.395 bits per heavy atom. The van der Waals surface area contributed by atoms with Crippen LogP contribution < -0.4 is 4.90 Å². The van der Waals surface area contributed by atoms with Crippen molar-refractivity contribution in [1.82, 2.24) is 0 Å². The normalized spacial score (nSPS) is 11.3. The van der Waals surface area contributed by atoms with Gasteiger partial charge in [0, 0.05) is 28.7 Å². The maximum Gasteiger partial charge on any atom is 0.135 e. The summed E-state index contributed by atoms with van der Waals surface area (Å²) in [5.41, 5.74) is 10.2. The van der Waals surface area contributed by atoms with Crippen molar-refractivity contribution >= 4 is 44.1 Å². The van der Waals surface area contributed by atoms with Gasteiger partial charge in [-0.15, -0.1) is 0 Å². The van der Waals surface area contributed by atoms with E-state index >= 15 is 0 Å². The Kier molecular flexibility index (Phi) is 6.23. The zero-order valence-corrected chi connectivity index (χ0v) is 23.7. The van der Waals surface area contributed by atoms with E-state index in [1.54, 1.807) is 0 Å². The molecular formula is C41H29NO. The van der Waals surface area contributed by atoms with Crippen LogP contribution in [-0.2, 0) is 6.54 Å². The number of hydrogen-bond acceptors (Lipinski definition) is 2. The van der Waals surface area contributed by atoms with Crippen LogP contribution in [0.25, 0.3) is 55.0 Å². The Hall–Kier alpha value is -5.60. The molecule has 2 heteroatoms. The summed E-state index contributed by atoms with van der Waals surface area (Å²) in [5.74, 6) is 0. The van der Waals surface area contributed by atoms with E-state index in [9.17, 15) is 0 Å². The van der Waals surface area contributed by atoms with E-state index in [1.165, 1.54) is 38.6 Å². The second-order valence-corrected chi connectivity index (χ2v) is 11.0. The summed E-state index contributed by atoms with van der Waals surface area (Å²) in [6, 6.07) is 58.4. The van der Waals surface area contributed by atoms with Gasteiger partial charge < -0.3 is 9.32 Å². The molecule has 8 rings (SSSR count). The first-order chi connectivity index (χ1) is 21.3. The van der Waals surface area contributed by atoms with Gasteiger partial charge in [-0.1, -0.05) is 115 Å². The van der Waals surface area contributed by atoms with Crippen molar-refractivity contribution in [3.63, 3.8) is 0 Å². The minimum absolute atomic E-state index is 0.730. The fraction of sp³-hybridized carbons (Fsp3) is 0.0244. The Labute approximate surface area is 251 Å². The van der Waals surface area contributed by atoms with Gasteiger partial charge in [0.15, 0.2) is 0 Å². The van der Waals surface area contributed by atoms with Gasteiger partial charge in [0.05, 0.1) is 0 Å². The Balaban J connectivity index is 1.11. The van der Waals surface area contributed by atoms with Gasteiger partial charge in [-0.05, 0) is 87.1 Å². The predicted molar refractivity (Wildman–Crippen MR) is 181 cm³/mol. The van der Waals surface area contributed by atoms with Gasteiger partial charge in [-0.25, -0.2) is 0 Å². The lowest BCUT2D eigenvalue weighted by molar-refractivity contribution is 0.668. The highest BCUT2D eigenvalue weighted by atomic mass is 16.3. The molecule has 0 radical (unpaired) electrons. The Morgan fingerprint density at radius 2 is 1.05 bits per heavy atom. The summed E-state index contributed by atoms with van der Waals surface area (Å²) >= 11 is 0. The molecule has 0 aliphatic rings. The molecule has 0 aliphatic carbocycles. The van der Waals surface area contributed by atoms with Crippen molar-refractivity contribution in [2.75, 3.05) is 4.90 Å². The summed E-state index contributed by atoms with van der Waals surface area (Å²) < 4.78 is 6.19. The van der Waals surface area contributed by atoms with E-state index < -0.39 is 0 Å². The van der Waals surface area contributed by atoms with Crippen LogP contribution >= 0.6 is 0 Å². The topological polar surface area (TPSA) is 16.4 Å². The minimum atomic E-state index is 0.730. The highest BCUT2D eigenvalue weighted by Crippen LogP contribution is 2.34. The molecule has 0 aliphatic heterocycles. The second kappa shape index (κ2) is 10.7. The first-order valence-electron chi connectivity index (χ1n) is 14.7. The summed E-state index contributed by atoms with van der Waals surface area (Å²) in [7, 11) is 0. The van der Waals surface area contributed by atoms with Gasteiger partial charge in [-0.3, -0.25) is 0 Å². The molecule has 0 saturated heterocycles. The zero-order valence-electron chi connectivity index (χ0n) is 23.7. The SMILES string of the molecule is c1ccc(N(Cc2ccc3c(c2)oc2ccccc23)c2ccc(-c3cccc(-c4ccc5ccccc5c4)c3)cc2)cc1. The van der Waals surface area contributed by atoms with Crippen LogP contribution in [-0.4, -0.2) is 0 Å². The number of hydrogen-bond donors (Lipinski definition) is 0. The van der Waals surface area contributed by atoms with E-state index in [1.807, 2.05) is 12.1 Å². The average Bonchev–Trinajstić information content (AvgIpc) is 3.45. The maximum atomic E-state index is 6.19. The number of nitrogens with zero attached hydrogens (tertiary/aromatic N) is 1. The van der Waals surface area contributed by atoms with E-state index in [0.717, 1.165) is 39.9 Å². The number of rotatable bonds is 6. The van der Waals surface area contributed by atoms with E-state index in [4.69, 9.17) is 4.42 Å². The fourth-order valence-electron chi connectivity index (χ4n) is 6.07. The molecule has 0 bridgehead atoms. The van der Waals surface area contributed by atoms with Crippen molar-refractivity contribution in [1.29, 1.82) is 0 Å². The lowest BCUT2D eigenvalue weighted by Crippen LogP contribution is -2.16. The molecule has 0 unspecified atom stereocenters. The summed E-state index contributed by atoms with van der Waals surface area (Å²) in [6.07, 6.45) is 0. The number of benzene rings is 7.